The van der Waals surface area contributed by atoms with Crippen LogP contribution in [0.5, 0.6) is 5.75 Å². The fourth-order valence-electron chi connectivity index (χ4n) is 2.99. The molecule has 3 aromatic rings. The Bertz CT molecular complexity index is 932. The van der Waals surface area contributed by atoms with E-state index in [9.17, 15) is 4.79 Å². The second-order valence-electron chi connectivity index (χ2n) is 6.48. The summed E-state index contributed by atoms with van der Waals surface area (Å²) in [4.78, 5) is 17.0. The number of carbonyl (C=O) groups is 1. The van der Waals surface area contributed by atoms with Gasteiger partial charge in [-0.05, 0) is 35.3 Å². The van der Waals surface area contributed by atoms with Crippen LogP contribution in [0.1, 0.15) is 24.7 Å². The zero-order valence-electron chi connectivity index (χ0n) is 15.0. The van der Waals surface area contributed by atoms with Crippen molar-refractivity contribution in [2.45, 2.75) is 18.9 Å². The maximum Gasteiger partial charge on any atom is 0.319 e. The average molecular weight is 368 g/mol. The first-order valence-electron chi connectivity index (χ1n) is 8.61. The minimum absolute atomic E-state index is 0.116. The van der Waals surface area contributed by atoms with E-state index in [1.807, 2.05) is 17.8 Å². The highest BCUT2D eigenvalue weighted by Gasteiger charge is 2.35. The van der Waals surface area contributed by atoms with Crippen LogP contribution in [0.2, 0.25) is 0 Å². The van der Waals surface area contributed by atoms with E-state index in [0.717, 1.165) is 18.7 Å². The lowest BCUT2D eigenvalue weighted by Gasteiger charge is -2.19. The van der Waals surface area contributed by atoms with Crippen LogP contribution in [0.15, 0.2) is 36.9 Å². The van der Waals surface area contributed by atoms with Gasteiger partial charge in [0, 0.05) is 37.3 Å². The van der Waals surface area contributed by atoms with Crippen LogP contribution < -0.4 is 15.4 Å². The lowest BCUT2D eigenvalue weighted by atomic mass is 10.1. The summed E-state index contributed by atoms with van der Waals surface area (Å²) in [7, 11) is 3.49. The lowest BCUT2D eigenvalue weighted by Crippen LogP contribution is -2.35. The predicted molar refractivity (Wildman–Crippen MR) is 96.5 cm³/mol. The number of nitrogens with zero attached hydrogens (tertiary/aromatic N) is 6. The number of aryl methyl sites for hydroxylation is 1. The highest BCUT2D eigenvalue weighted by molar-refractivity contribution is 5.90. The predicted octanol–water partition coefficient (Wildman–Crippen LogP) is 1.68. The van der Waals surface area contributed by atoms with Gasteiger partial charge in [-0.1, -0.05) is 0 Å². The molecule has 2 aromatic heterocycles. The van der Waals surface area contributed by atoms with Gasteiger partial charge in [0.15, 0.2) is 0 Å². The van der Waals surface area contributed by atoms with E-state index in [-0.39, 0.29) is 12.1 Å². The molecule has 4 rings (SSSR count). The third-order valence-corrected chi connectivity index (χ3v) is 4.52. The third kappa shape index (κ3) is 3.73. The normalized spacial score (nSPS) is 14.6. The van der Waals surface area contributed by atoms with Gasteiger partial charge >= 0.3 is 6.03 Å². The van der Waals surface area contributed by atoms with E-state index >= 15 is 0 Å². The third-order valence-electron chi connectivity index (χ3n) is 4.52. The number of benzene rings is 1. The number of methoxy groups -OCH3 is 1. The number of aromatic nitrogens is 6. The number of anilines is 1. The molecule has 1 aliphatic carbocycles. The molecule has 0 spiro atoms. The average Bonchev–Trinajstić information content (AvgIpc) is 3.17. The second-order valence-corrected chi connectivity index (χ2v) is 6.48. The Morgan fingerprint density at radius 2 is 2.19 bits per heavy atom. The second kappa shape index (κ2) is 7.06. The van der Waals surface area contributed by atoms with Crippen molar-refractivity contribution < 1.29 is 9.53 Å². The molecule has 1 atom stereocenters. The Kier molecular flexibility index (Phi) is 4.45. The number of hydrogen-bond acceptors (Lipinski definition) is 6. The molecule has 0 saturated heterocycles. The molecule has 10 nitrogen and oxygen atoms in total. The summed E-state index contributed by atoms with van der Waals surface area (Å²) in [5, 5.41) is 17.0. The smallest absolute Gasteiger partial charge is 0.319 e. The fraction of sp³-hybridized carbons (Fsp3) is 0.353. The quantitative estimate of drug-likeness (QED) is 0.685. The number of rotatable bonds is 6. The largest absolute Gasteiger partial charge is 0.497 e. The van der Waals surface area contributed by atoms with Crippen LogP contribution >= 0.6 is 0 Å². The minimum Gasteiger partial charge on any atom is -0.497 e. The van der Waals surface area contributed by atoms with Crippen LogP contribution in [0, 0.1) is 5.92 Å². The van der Waals surface area contributed by atoms with Crippen molar-refractivity contribution >= 4 is 11.7 Å². The molecule has 2 amide bonds. The van der Waals surface area contributed by atoms with Gasteiger partial charge in [0.2, 0.25) is 0 Å². The Morgan fingerprint density at radius 1 is 1.33 bits per heavy atom. The number of tetrazole rings is 1. The van der Waals surface area contributed by atoms with Crippen molar-refractivity contribution in [3.8, 4) is 11.4 Å². The summed E-state index contributed by atoms with van der Waals surface area (Å²) in [6.45, 7) is 0. The Balaban J connectivity index is 1.52. The summed E-state index contributed by atoms with van der Waals surface area (Å²) in [6.07, 6.45) is 7.26. The molecule has 2 N–H and O–H groups in total. The molecule has 0 unspecified atom stereocenters. The molecule has 0 radical (unpaired) electrons. The number of hydrogen-bond donors (Lipinski definition) is 2. The summed E-state index contributed by atoms with van der Waals surface area (Å²) >= 11 is 0. The molecular weight excluding hydrogens is 348 g/mol. The van der Waals surface area contributed by atoms with Crippen molar-refractivity contribution in [2.75, 3.05) is 12.4 Å². The van der Waals surface area contributed by atoms with Crippen LogP contribution in [0.4, 0.5) is 10.5 Å². The number of amides is 2. The zero-order chi connectivity index (χ0) is 18.8. The van der Waals surface area contributed by atoms with E-state index in [2.05, 4.69) is 31.1 Å². The minimum atomic E-state index is -0.300. The van der Waals surface area contributed by atoms with Crippen LogP contribution in [-0.4, -0.2) is 42.9 Å². The van der Waals surface area contributed by atoms with Crippen molar-refractivity contribution in [2.24, 2.45) is 13.0 Å². The Morgan fingerprint density at radius 3 is 2.81 bits per heavy atom. The zero-order valence-corrected chi connectivity index (χ0v) is 15.0. The van der Waals surface area contributed by atoms with Gasteiger partial charge in [-0.25, -0.2) is 14.5 Å². The van der Waals surface area contributed by atoms with Crippen molar-refractivity contribution in [3.63, 3.8) is 0 Å². The van der Waals surface area contributed by atoms with Gasteiger partial charge in [0.05, 0.1) is 18.8 Å². The van der Waals surface area contributed by atoms with Gasteiger partial charge in [-0.15, -0.1) is 5.10 Å². The van der Waals surface area contributed by atoms with Gasteiger partial charge in [-0.3, -0.25) is 0 Å². The molecule has 1 saturated carbocycles. The number of carbonyl (C=O) groups excluding carboxylic acids is 1. The molecule has 140 valence electrons. The summed E-state index contributed by atoms with van der Waals surface area (Å²) < 4.78 is 8.74. The first-order valence-corrected chi connectivity index (χ1v) is 8.61. The Hall–Kier alpha value is -3.43. The van der Waals surface area contributed by atoms with Gasteiger partial charge in [-0.2, -0.15) is 0 Å². The molecule has 0 bridgehead atoms. The number of imidazole rings is 1. The summed E-state index contributed by atoms with van der Waals surface area (Å²) in [6, 6.07) is 4.87. The van der Waals surface area contributed by atoms with E-state index in [0.29, 0.717) is 23.0 Å². The number of nitrogens with one attached hydrogen (secondary N) is 2. The van der Waals surface area contributed by atoms with E-state index < -0.39 is 0 Å². The van der Waals surface area contributed by atoms with Crippen LogP contribution in [-0.2, 0) is 7.05 Å². The van der Waals surface area contributed by atoms with Crippen molar-refractivity contribution in [1.29, 1.82) is 0 Å². The highest BCUT2D eigenvalue weighted by atomic mass is 16.5. The first-order chi connectivity index (χ1) is 13.1. The van der Waals surface area contributed by atoms with Gasteiger partial charge in [0.25, 0.3) is 0 Å². The molecule has 0 aliphatic heterocycles. The van der Waals surface area contributed by atoms with Crippen LogP contribution in [0.25, 0.3) is 5.69 Å². The molecular formula is C17H20N8O2. The molecule has 2 heterocycles. The summed E-state index contributed by atoms with van der Waals surface area (Å²) in [5.41, 5.74) is 1.25. The standard InChI is InChI=1S/C17H20N8O2/c1-24-6-5-18-16(24)15(11-3-4-11)21-17(26)20-12-7-13(9-14(8-12)27-2)25-10-19-22-23-25/h5-11,15H,3-4H2,1-2H3,(H2,20,21,26)/t15-/m1/s1. The molecule has 10 heteroatoms. The number of ether oxygens (including phenoxy) is 1. The van der Waals surface area contributed by atoms with Gasteiger partial charge in [0.1, 0.15) is 17.9 Å². The summed E-state index contributed by atoms with van der Waals surface area (Å²) in [5.74, 6) is 1.85. The topological polar surface area (TPSA) is 112 Å². The number of urea groups is 1. The van der Waals surface area contributed by atoms with E-state index in [1.54, 1.807) is 31.5 Å². The molecule has 1 aromatic carbocycles. The van der Waals surface area contributed by atoms with Crippen LogP contribution in [0.3, 0.4) is 0 Å². The highest BCUT2D eigenvalue weighted by Crippen LogP contribution is 2.40. The molecule has 1 fully saturated rings. The first kappa shape index (κ1) is 17.0. The lowest BCUT2D eigenvalue weighted by molar-refractivity contribution is 0.246. The fourth-order valence-corrected chi connectivity index (χ4v) is 2.99. The van der Waals surface area contributed by atoms with E-state index in [4.69, 9.17) is 4.74 Å². The van der Waals surface area contributed by atoms with Gasteiger partial charge < -0.3 is 19.9 Å². The SMILES string of the molecule is COc1cc(NC(=O)N[C@@H](c2nccn2C)C2CC2)cc(-n2cnnn2)c1. The van der Waals surface area contributed by atoms with Crippen molar-refractivity contribution in [1.82, 2.24) is 35.1 Å². The monoisotopic (exact) mass is 368 g/mol. The Labute approximate surface area is 155 Å². The van der Waals surface area contributed by atoms with Crippen molar-refractivity contribution in [3.05, 3.63) is 42.7 Å². The molecule has 27 heavy (non-hydrogen) atoms. The maximum absolute atomic E-state index is 12.6. The molecule has 1 aliphatic rings. The maximum atomic E-state index is 12.6. The van der Waals surface area contributed by atoms with E-state index in [1.165, 1.54) is 11.0 Å².